The van der Waals surface area contributed by atoms with Gasteiger partial charge in [-0.3, -0.25) is 4.57 Å². The fraction of sp³-hybridized carbons (Fsp3) is 0.143. The number of alkyl halides is 3. The molecule has 5 nitrogen and oxygen atoms in total. The predicted molar refractivity (Wildman–Crippen MR) is 106 cm³/mol. The van der Waals surface area contributed by atoms with E-state index in [0.29, 0.717) is 22.8 Å². The lowest BCUT2D eigenvalue weighted by atomic mass is 10.2. The number of para-hydroxylation sites is 1. The highest BCUT2D eigenvalue weighted by atomic mass is 35.5. The number of nitrogens with zero attached hydrogens (tertiary/aromatic N) is 3. The number of ether oxygens (including phenoxy) is 1. The third kappa shape index (κ3) is 3.33. The first kappa shape index (κ1) is 20.0. The Balaban J connectivity index is 2.08. The molecule has 0 fully saturated rings. The van der Waals surface area contributed by atoms with Crippen LogP contribution in [0.15, 0.2) is 61.1 Å². The lowest BCUT2D eigenvalue weighted by Gasteiger charge is -2.14. The fourth-order valence-corrected chi connectivity index (χ4v) is 3.58. The van der Waals surface area contributed by atoms with Crippen LogP contribution in [-0.2, 0) is 10.9 Å². The second-order valence-corrected chi connectivity index (χ2v) is 6.79. The quantitative estimate of drug-likeness (QED) is 0.390. The van der Waals surface area contributed by atoms with Crippen LogP contribution in [0.3, 0.4) is 0 Å². The molecule has 0 saturated heterocycles. The van der Waals surface area contributed by atoms with Gasteiger partial charge in [0.15, 0.2) is 11.5 Å². The van der Waals surface area contributed by atoms with Gasteiger partial charge in [-0.2, -0.15) is 13.2 Å². The third-order valence-corrected chi connectivity index (χ3v) is 4.82. The molecular weight excluding hydrogens is 419 g/mol. The summed E-state index contributed by atoms with van der Waals surface area (Å²) in [6.07, 6.45) is -0.373. The van der Waals surface area contributed by atoms with E-state index in [0.717, 1.165) is 6.07 Å². The van der Waals surface area contributed by atoms with E-state index < -0.39 is 17.7 Å². The van der Waals surface area contributed by atoms with Crippen molar-refractivity contribution >= 4 is 28.5 Å². The Hall–Kier alpha value is -3.26. The lowest BCUT2D eigenvalue weighted by Crippen LogP contribution is -2.15. The molecule has 1 aromatic carbocycles. The fourth-order valence-electron chi connectivity index (χ4n) is 3.33. The number of hydrogen-bond donors (Lipinski definition) is 0. The summed E-state index contributed by atoms with van der Waals surface area (Å²) in [5.41, 5.74) is 0.213. The van der Waals surface area contributed by atoms with Gasteiger partial charge in [0.2, 0.25) is 0 Å². The molecule has 0 spiro atoms. The van der Waals surface area contributed by atoms with E-state index in [-0.39, 0.29) is 23.1 Å². The number of pyridine rings is 1. The summed E-state index contributed by atoms with van der Waals surface area (Å²) in [4.78, 5) is 16.9. The van der Waals surface area contributed by atoms with Gasteiger partial charge in [0, 0.05) is 24.0 Å². The topological polar surface area (TPSA) is 49.0 Å². The molecule has 0 unspecified atom stereocenters. The van der Waals surface area contributed by atoms with Crippen LogP contribution in [0.1, 0.15) is 23.0 Å². The van der Waals surface area contributed by atoms with Gasteiger partial charge in [0.05, 0.1) is 28.4 Å². The summed E-state index contributed by atoms with van der Waals surface area (Å²) in [7, 11) is 0. The van der Waals surface area contributed by atoms with Crippen LogP contribution in [0.4, 0.5) is 13.2 Å². The number of esters is 1. The van der Waals surface area contributed by atoms with Gasteiger partial charge < -0.3 is 9.30 Å². The molecule has 3 aromatic heterocycles. The van der Waals surface area contributed by atoms with Crippen molar-refractivity contribution < 1.29 is 22.7 Å². The van der Waals surface area contributed by atoms with Crippen molar-refractivity contribution in [2.75, 3.05) is 6.61 Å². The standard InChI is InChI=1S/C21H15ClF3N3O2/c1-2-30-20(29)18-17(27-9-5-6-10-27)14-7-3-4-8-16(14)28(18)19-15(22)11-13(12-26-19)21(23,24)25/h3-12H,2H2,1H3. The van der Waals surface area contributed by atoms with Crippen LogP contribution in [0.25, 0.3) is 22.4 Å². The summed E-state index contributed by atoms with van der Waals surface area (Å²) < 4.78 is 47.6. The molecule has 9 heteroatoms. The molecule has 0 aliphatic rings. The monoisotopic (exact) mass is 433 g/mol. The molecule has 0 saturated carbocycles. The molecule has 154 valence electrons. The van der Waals surface area contributed by atoms with Crippen LogP contribution < -0.4 is 0 Å². The maximum absolute atomic E-state index is 13.1. The highest BCUT2D eigenvalue weighted by Crippen LogP contribution is 2.37. The molecule has 0 N–H and O–H groups in total. The van der Waals surface area contributed by atoms with E-state index in [1.807, 2.05) is 6.07 Å². The van der Waals surface area contributed by atoms with Crippen molar-refractivity contribution in [2.24, 2.45) is 0 Å². The molecule has 0 atom stereocenters. The minimum absolute atomic E-state index is 0.00215. The third-order valence-electron chi connectivity index (χ3n) is 4.54. The molecular formula is C21H15ClF3N3O2. The summed E-state index contributed by atoms with van der Waals surface area (Å²) in [6, 6.07) is 11.5. The zero-order valence-electron chi connectivity index (χ0n) is 15.7. The van der Waals surface area contributed by atoms with Gasteiger partial charge in [0.1, 0.15) is 0 Å². The molecule has 4 aromatic rings. The van der Waals surface area contributed by atoms with Gasteiger partial charge in [-0.25, -0.2) is 9.78 Å². The molecule has 0 aliphatic carbocycles. The van der Waals surface area contributed by atoms with E-state index in [1.54, 1.807) is 54.2 Å². The van der Waals surface area contributed by atoms with Crippen LogP contribution in [0.5, 0.6) is 0 Å². The highest BCUT2D eigenvalue weighted by Gasteiger charge is 2.33. The number of benzene rings is 1. The smallest absolute Gasteiger partial charge is 0.417 e. The zero-order valence-corrected chi connectivity index (χ0v) is 16.4. The average Bonchev–Trinajstić information content (AvgIpc) is 3.33. The van der Waals surface area contributed by atoms with Crippen molar-refractivity contribution in [3.8, 4) is 11.5 Å². The Kier molecular flexibility index (Phi) is 5.03. The maximum Gasteiger partial charge on any atom is 0.417 e. The zero-order chi connectivity index (χ0) is 21.5. The van der Waals surface area contributed by atoms with E-state index in [2.05, 4.69) is 4.98 Å². The summed E-state index contributed by atoms with van der Waals surface area (Å²) in [5, 5.41) is 0.449. The maximum atomic E-state index is 13.1. The number of carbonyl (C=O) groups excluding carboxylic acids is 1. The van der Waals surface area contributed by atoms with Crippen LogP contribution in [0, 0.1) is 0 Å². The SMILES string of the molecule is CCOC(=O)c1c(-n2cccc2)c2ccccc2n1-c1ncc(C(F)(F)F)cc1Cl. The van der Waals surface area contributed by atoms with Crippen molar-refractivity contribution in [1.29, 1.82) is 0 Å². The predicted octanol–water partition coefficient (Wildman–Crippen LogP) is 5.67. The molecule has 4 rings (SSSR count). The van der Waals surface area contributed by atoms with Crippen LogP contribution in [-0.4, -0.2) is 26.7 Å². The Bertz CT molecular complexity index is 1230. The van der Waals surface area contributed by atoms with Crippen LogP contribution in [0.2, 0.25) is 5.02 Å². The Morgan fingerprint density at radius 3 is 2.50 bits per heavy atom. The highest BCUT2D eigenvalue weighted by molar-refractivity contribution is 6.32. The van der Waals surface area contributed by atoms with Gasteiger partial charge in [-0.05, 0) is 31.2 Å². The number of aromatic nitrogens is 3. The molecule has 0 aliphatic heterocycles. The molecule has 3 heterocycles. The van der Waals surface area contributed by atoms with Crippen molar-refractivity contribution in [3.05, 3.63) is 77.3 Å². The van der Waals surface area contributed by atoms with Crippen molar-refractivity contribution in [3.63, 3.8) is 0 Å². The molecule has 0 amide bonds. The number of halogens is 4. The van der Waals surface area contributed by atoms with E-state index in [4.69, 9.17) is 16.3 Å². The van der Waals surface area contributed by atoms with Crippen LogP contribution >= 0.6 is 11.6 Å². The van der Waals surface area contributed by atoms with Gasteiger partial charge in [0.25, 0.3) is 0 Å². The largest absolute Gasteiger partial charge is 0.461 e. The van der Waals surface area contributed by atoms with Crippen molar-refractivity contribution in [2.45, 2.75) is 13.1 Å². The molecule has 0 radical (unpaired) electrons. The molecule has 30 heavy (non-hydrogen) atoms. The lowest BCUT2D eigenvalue weighted by molar-refractivity contribution is -0.137. The van der Waals surface area contributed by atoms with Gasteiger partial charge >= 0.3 is 12.1 Å². The minimum atomic E-state index is -4.59. The summed E-state index contributed by atoms with van der Waals surface area (Å²) in [5.74, 6) is -0.641. The summed E-state index contributed by atoms with van der Waals surface area (Å²) in [6.45, 7) is 1.79. The minimum Gasteiger partial charge on any atom is -0.461 e. The Labute approximate surface area is 174 Å². The van der Waals surface area contributed by atoms with Gasteiger partial charge in [-0.1, -0.05) is 29.8 Å². The van der Waals surface area contributed by atoms with E-state index in [1.165, 1.54) is 4.57 Å². The second-order valence-electron chi connectivity index (χ2n) is 6.39. The van der Waals surface area contributed by atoms with Crippen molar-refractivity contribution in [1.82, 2.24) is 14.1 Å². The van der Waals surface area contributed by atoms with Gasteiger partial charge in [-0.15, -0.1) is 0 Å². The number of carbonyl (C=O) groups is 1. The first-order chi connectivity index (χ1) is 14.3. The number of hydrogen-bond acceptors (Lipinski definition) is 3. The first-order valence-corrected chi connectivity index (χ1v) is 9.37. The van der Waals surface area contributed by atoms with E-state index >= 15 is 0 Å². The van der Waals surface area contributed by atoms with E-state index in [9.17, 15) is 18.0 Å². The molecule has 0 bridgehead atoms. The normalized spacial score (nSPS) is 11.8. The first-order valence-electron chi connectivity index (χ1n) is 9.00. The summed E-state index contributed by atoms with van der Waals surface area (Å²) >= 11 is 6.22. The second kappa shape index (κ2) is 7.53. The average molecular weight is 434 g/mol. The number of rotatable bonds is 4. The Morgan fingerprint density at radius 1 is 1.17 bits per heavy atom. The Morgan fingerprint density at radius 2 is 1.87 bits per heavy atom. The number of fused-ring (bicyclic) bond motifs is 1.